The van der Waals surface area contributed by atoms with E-state index in [9.17, 15) is 9.18 Å². The molecule has 0 radical (unpaired) electrons. The van der Waals surface area contributed by atoms with Crippen LogP contribution < -0.4 is 0 Å². The highest BCUT2D eigenvalue weighted by Crippen LogP contribution is 2.37. The number of aliphatic imine (C=N–C) groups is 1. The molecule has 0 bridgehead atoms. The van der Waals surface area contributed by atoms with E-state index < -0.39 is 5.95 Å². The highest BCUT2D eigenvalue weighted by molar-refractivity contribution is 6.09. The molecule has 1 atom stereocenters. The van der Waals surface area contributed by atoms with Gasteiger partial charge in [-0.25, -0.2) is 9.98 Å². The second-order valence-electron chi connectivity index (χ2n) is 8.07. The van der Waals surface area contributed by atoms with Gasteiger partial charge in [0.2, 0.25) is 11.9 Å². The molecule has 4 rings (SSSR count). The summed E-state index contributed by atoms with van der Waals surface area (Å²) in [6.07, 6.45) is 10.4. The summed E-state index contributed by atoms with van der Waals surface area (Å²) < 4.78 is 13.9. The summed E-state index contributed by atoms with van der Waals surface area (Å²) in [5.41, 5.74) is 3.58. The van der Waals surface area contributed by atoms with E-state index in [0.717, 1.165) is 54.0 Å². The molecule has 1 saturated carbocycles. The number of halogens is 1. The lowest BCUT2D eigenvalue weighted by Crippen LogP contribution is -2.60. The number of rotatable bonds is 4. The number of aromatic nitrogens is 1. The van der Waals surface area contributed by atoms with E-state index in [1.165, 1.54) is 25.1 Å². The minimum Gasteiger partial charge on any atom is -0.340 e. The van der Waals surface area contributed by atoms with Gasteiger partial charge in [-0.15, -0.1) is 0 Å². The average molecular weight is 397 g/mol. The van der Waals surface area contributed by atoms with Crippen molar-refractivity contribution in [3.63, 3.8) is 0 Å². The molecule has 2 aliphatic heterocycles. The van der Waals surface area contributed by atoms with Gasteiger partial charge in [-0.05, 0) is 43.7 Å². The molecule has 1 saturated heterocycles. The Bertz CT molecular complexity index is 898. The maximum Gasteiger partial charge on any atom is 0.249 e. The third kappa shape index (κ3) is 3.49. The number of allylic oxidation sites excluding steroid dienone is 2. The number of fused-ring (bicyclic) bond motifs is 1. The molecule has 1 aromatic rings. The molecule has 0 aromatic carbocycles. The van der Waals surface area contributed by atoms with Gasteiger partial charge in [0.25, 0.3) is 0 Å². The van der Waals surface area contributed by atoms with Crippen LogP contribution in [0.2, 0.25) is 0 Å². The Labute approximate surface area is 172 Å². The molecule has 29 heavy (non-hydrogen) atoms. The first-order valence-corrected chi connectivity index (χ1v) is 10.7. The highest BCUT2D eigenvalue weighted by atomic mass is 19.1. The minimum absolute atomic E-state index is 0.140. The smallest absolute Gasteiger partial charge is 0.249 e. The maximum atomic E-state index is 13.9. The van der Waals surface area contributed by atoms with Gasteiger partial charge in [-0.3, -0.25) is 4.79 Å². The first-order chi connectivity index (χ1) is 14.0. The fourth-order valence-electron chi connectivity index (χ4n) is 4.85. The maximum absolute atomic E-state index is 13.9. The summed E-state index contributed by atoms with van der Waals surface area (Å²) in [4.78, 5) is 26.0. The fraction of sp³-hybridized carbons (Fsp3) is 0.522. The van der Waals surface area contributed by atoms with Crippen molar-refractivity contribution in [1.82, 2.24) is 14.8 Å². The lowest BCUT2D eigenvalue weighted by Gasteiger charge is -2.45. The standard InChI is InChI=1S/C23H29FN4O/c1-4-15-10-11-19-22(26-21(15)16-12-13-25-20(24)14-16)28(17-8-6-7-9-17)18(5-2)23(29)27(19)3/h11-14,17-18H,4-10H2,1-3H3/t18-/m1/s1. The summed E-state index contributed by atoms with van der Waals surface area (Å²) in [6, 6.07) is 3.41. The van der Waals surface area contributed by atoms with Crippen LogP contribution in [-0.2, 0) is 4.79 Å². The molecule has 0 spiro atoms. The first-order valence-electron chi connectivity index (χ1n) is 10.7. The van der Waals surface area contributed by atoms with Crippen molar-refractivity contribution in [2.75, 3.05) is 7.05 Å². The van der Waals surface area contributed by atoms with Gasteiger partial charge in [0.1, 0.15) is 6.04 Å². The molecule has 5 nitrogen and oxygen atoms in total. The van der Waals surface area contributed by atoms with Gasteiger partial charge in [-0.1, -0.05) is 32.8 Å². The minimum atomic E-state index is -0.502. The number of amides is 1. The number of amidine groups is 1. The van der Waals surface area contributed by atoms with Crippen molar-refractivity contribution in [2.45, 2.75) is 70.9 Å². The highest BCUT2D eigenvalue weighted by Gasteiger charge is 2.43. The molecular weight excluding hydrogens is 367 g/mol. The van der Waals surface area contributed by atoms with Crippen LogP contribution in [0.5, 0.6) is 0 Å². The van der Waals surface area contributed by atoms with Crippen LogP contribution in [0.25, 0.3) is 5.70 Å². The van der Waals surface area contributed by atoms with Crippen LogP contribution in [0.1, 0.15) is 64.4 Å². The van der Waals surface area contributed by atoms with Crippen molar-refractivity contribution >= 4 is 17.4 Å². The summed E-state index contributed by atoms with van der Waals surface area (Å²) in [6.45, 7) is 4.16. The molecule has 3 heterocycles. The Morgan fingerprint density at radius 2 is 2.00 bits per heavy atom. The molecule has 1 aliphatic carbocycles. The number of carbonyl (C=O) groups is 1. The Morgan fingerprint density at radius 1 is 1.24 bits per heavy atom. The molecule has 1 amide bonds. The lowest BCUT2D eigenvalue weighted by atomic mass is 10.0. The van der Waals surface area contributed by atoms with Crippen molar-refractivity contribution in [2.24, 2.45) is 4.99 Å². The largest absolute Gasteiger partial charge is 0.340 e. The van der Waals surface area contributed by atoms with E-state index in [1.54, 1.807) is 4.90 Å². The van der Waals surface area contributed by atoms with E-state index in [2.05, 4.69) is 29.8 Å². The van der Waals surface area contributed by atoms with Crippen molar-refractivity contribution < 1.29 is 9.18 Å². The summed E-state index contributed by atoms with van der Waals surface area (Å²) in [5, 5.41) is 0. The van der Waals surface area contributed by atoms with E-state index in [0.29, 0.717) is 12.5 Å². The molecule has 0 N–H and O–H groups in total. The normalized spacial score (nSPS) is 23.2. The zero-order valence-corrected chi connectivity index (χ0v) is 17.5. The number of hydrogen-bond donors (Lipinski definition) is 0. The summed E-state index contributed by atoms with van der Waals surface area (Å²) >= 11 is 0. The molecule has 0 unspecified atom stereocenters. The Balaban J connectivity index is 1.88. The third-order valence-electron chi connectivity index (χ3n) is 6.41. The fourth-order valence-corrected chi connectivity index (χ4v) is 4.85. The second kappa shape index (κ2) is 8.09. The number of likely N-dealkylation sites (N-methyl/N-ethyl adjacent to an activating group) is 1. The van der Waals surface area contributed by atoms with Gasteiger partial charge in [-0.2, -0.15) is 4.39 Å². The molecule has 154 valence electrons. The number of nitrogens with zero attached hydrogens (tertiary/aromatic N) is 4. The van der Waals surface area contributed by atoms with Gasteiger partial charge in [0, 0.05) is 30.9 Å². The first kappa shape index (κ1) is 19.8. The Kier molecular flexibility index (Phi) is 5.52. The molecule has 2 fully saturated rings. The van der Waals surface area contributed by atoms with Crippen molar-refractivity contribution in [3.8, 4) is 0 Å². The zero-order valence-electron chi connectivity index (χ0n) is 17.5. The second-order valence-corrected chi connectivity index (χ2v) is 8.07. The van der Waals surface area contributed by atoms with Gasteiger partial charge in [0.05, 0.1) is 11.4 Å². The number of carbonyl (C=O) groups excluding carboxylic acids is 1. The average Bonchev–Trinajstić information content (AvgIpc) is 3.17. The number of piperazine rings is 1. The van der Waals surface area contributed by atoms with Crippen LogP contribution in [0.4, 0.5) is 4.39 Å². The quantitative estimate of drug-likeness (QED) is 0.703. The number of hydrogen-bond acceptors (Lipinski definition) is 4. The van der Waals surface area contributed by atoms with Crippen LogP contribution in [-0.4, -0.2) is 45.7 Å². The van der Waals surface area contributed by atoms with Crippen LogP contribution in [0.15, 0.2) is 40.7 Å². The van der Waals surface area contributed by atoms with E-state index in [1.807, 2.05) is 13.1 Å². The molecule has 1 aromatic heterocycles. The Morgan fingerprint density at radius 3 is 2.66 bits per heavy atom. The van der Waals surface area contributed by atoms with Crippen molar-refractivity contribution in [1.29, 1.82) is 0 Å². The van der Waals surface area contributed by atoms with E-state index in [-0.39, 0.29) is 11.9 Å². The topological polar surface area (TPSA) is 48.8 Å². The summed E-state index contributed by atoms with van der Waals surface area (Å²) in [7, 11) is 1.85. The van der Waals surface area contributed by atoms with Crippen LogP contribution in [0, 0.1) is 5.95 Å². The van der Waals surface area contributed by atoms with Crippen molar-refractivity contribution in [3.05, 3.63) is 47.2 Å². The predicted molar refractivity (Wildman–Crippen MR) is 112 cm³/mol. The SMILES string of the molecule is CCC1=C(c2ccnc(F)c2)N=C2C(=CC1)N(C)C(=O)[C@@H](CC)N2C1CCCC1. The molecule has 3 aliphatic rings. The van der Waals surface area contributed by atoms with E-state index >= 15 is 0 Å². The molecule has 6 heteroatoms. The number of pyridine rings is 1. The Hall–Kier alpha value is -2.50. The van der Waals surface area contributed by atoms with Crippen LogP contribution in [0.3, 0.4) is 0 Å². The van der Waals surface area contributed by atoms with E-state index in [4.69, 9.17) is 4.99 Å². The zero-order chi connectivity index (χ0) is 20.5. The van der Waals surface area contributed by atoms with Gasteiger partial charge >= 0.3 is 0 Å². The van der Waals surface area contributed by atoms with Gasteiger partial charge < -0.3 is 9.80 Å². The van der Waals surface area contributed by atoms with Gasteiger partial charge in [0.15, 0.2) is 5.84 Å². The predicted octanol–water partition coefficient (Wildman–Crippen LogP) is 4.52. The third-order valence-corrected chi connectivity index (χ3v) is 6.41. The molecular formula is C23H29FN4O. The van der Waals surface area contributed by atoms with Crippen LogP contribution >= 0.6 is 0 Å². The monoisotopic (exact) mass is 396 g/mol. The lowest BCUT2D eigenvalue weighted by molar-refractivity contribution is -0.134. The summed E-state index contributed by atoms with van der Waals surface area (Å²) in [5.74, 6) is 0.501.